The van der Waals surface area contributed by atoms with E-state index < -0.39 is 5.91 Å². The summed E-state index contributed by atoms with van der Waals surface area (Å²) in [4.78, 5) is 19.7. The lowest BCUT2D eigenvalue weighted by Crippen LogP contribution is -2.13. The summed E-state index contributed by atoms with van der Waals surface area (Å²) >= 11 is 0. The molecule has 3 rings (SSSR count). The zero-order valence-corrected chi connectivity index (χ0v) is 10.1. The lowest BCUT2D eigenvalue weighted by molar-refractivity contribution is 0.102. The number of benzene rings is 1. The summed E-state index contributed by atoms with van der Waals surface area (Å²) in [6.07, 6.45) is 2.71. The number of aromatic nitrogens is 6. The van der Waals surface area contributed by atoms with Crippen molar-refractivity contribution in [3.05, 3.63) is 42.5 Å². The number of hydrogen-bond donors (Lipinski definition) is 3. The molecule has 0 fully saturated rings. The van der Waals surface area contributed by atoms with Gasteiger partial charge in [-0.3, -0.25) is 10.1 Å². The van der Waals surface area contributed by atoms with E-state index in [1.54, 1.807) is 12.1 Å². The quantitative estimate of drug-likeness (QED) is 0.631. The van der Waals surface area contributed by atoms with Crippen molar-refractivity contribution in [2.24, 2.45) is 0 Å². The van der Waals surface area contributed by atoms with Crippen LogP contribution in [0.4, 0.5) is 5.95 Å². The second kappa shape index (κ2) is 4.80. The average Bonchev–Trinajstić information content (AvgIpc) is 3.09. The number of aromatic amines is 1. The van der Waals surface area contributed by atoms with Crippen LogP contribution < -0.4 is 5.32 Å². The predicted molar refractivity (Wildman–Crippen MR) is 67.4 cm³/mol. The zero-order chi connectivity index (χ0) is 13.9. The summed E-state index contributed by atoms with van der Waals surface area (Å²) < 4.78 is 1.33. The molecule has 100 valence electrons. The van der Waals surface area contributed by atoms with Crippen LogP contribution in [0.5, 0.6) is 5.75 Å². The Kier molecular flexibility index (Phi) is 2.84. The molecule has 20 heavy (non-hydrogen) atoms. The molecule has 0 aliphatic rings. The fourth-order valence-corrected chi connectivity index (χ4v) is 1.57. The predicted octanol–water partition coefficient (Wildman–Crippen LogP) is 0.343. The van der Waals surface area contributed by atoms with Gasteiger partial charge in [-0.25, -0.2) is 5.10 Å². The van der Waals surface area contributed by atoms with Crippen LogP contribution in [0.1, 0.15) is 10.4 Å². The number of hydrogen-bond acceptors (Lipinski definition) is 6. The Balaban J connectivity index is 1.79. The Labute approximate surface area is 112 Å². The van der Waals surface area contributed by atoms with Gasteiger partial charge in [-0.2, -0.15) is 19.7 Å². The molecule has 0 spiro atoms. The molecule has 0 radical (unpaired) electrons. The van der Waals surface area contributed by atoms with Gasteiger partial charge in [0.2, 0.25) is 11.9 Å². The molecule has 2 aromatic heterocycles. The number of phenols is 1. The first-order valence-electron chi connectivity index (χ1n) is 5.61. The number of nitrogens with zero attached hydrogens (tertiary/aromatic N) is 5. The Morgan fingerprint density at radius 1 is 1.30 bits per heavy atom. The molecule has 2 heterocycles. The minimum atomic E-state index is -0.501. The van der Waals surface area contributed by atoms with Crippen molar-refractivity contribution >= 4 is 11.9 Å². The molecule has 9 nitrogen and oxygen atoms in total. The van der Waals surface area contributed by atoms with Crippen LogP contribution in [0.3, 0.4) is 0 Å². The molecule has 0 aliphatic carbocycles. The lowest BCUT2D eigenvalue weighted by atomic mass is 10.2. The van der Waals surface area contributed by atoms with Crippen molar-refractivity contribution < 1.29 is 9.90 Å². The number of H-pyrrole nitrogens is 1. The number of amides is 1. The third kappa shape index (κ3) is 2.19. The van der Waals surface area contributed by atoms with Crippen molar-refractivity contribution in [2.75, 3.05) is 5.32 Å². The molecule has 3 N–H and O–H groups in total. The van der Waals surface area contributed by atoms with Gasteiger partial charge in [-0.15, -0.1) is 5.10 Å². The van der Waals surface area contributed by atoms with Crippen molar-refractivity contribution in [3.63, 3.8) is 0 Å². The van der Waals surface area contributed by atoms with Gasteiger partial charge in [-0.05, 0) is 12.1 Å². The van der Waals surface area contributed by atoms with E-state index in [9.17, 15) is 9.90 Å². The summed E-state index contributed by atoms with van der Waals surface area (Å²) in [5.74, 6) is -0.145. The second-order valence-electron chi connectivity index (χ2n) is 3.79. The Morgan fingerprint density at radius 3 is 2.90 bits per heavy atom. The van der Waals surface area contributed by atoms with Crippen LogP contribution in [0.2, 0.25) is 0 Å². The van der Waals surface area contributed by atoms with Gasteiger partial charge >= 0.3 is 0 Å². The van der Waals surface area contributed by atoms with Gasteiger partial charge in [-0.1, -0.05) is 12.1 Å². The van der Waals surface area contributed by atoms with Crippen molar-refractivity contribution in [1.82, 2.24) is 29.9 Å². The Bertz CT molecular complexity index is 735. The molecule has 0 saturated heterocycles. The van der Waals surface area contributed by atoms with Crippen LogP contribution in [-0.2, 0) is 0 Å². The average molecular weight is 271 g/mol. The molecule has 0 saturated carbocycles. The standard InChI is InChI=1S/C11H9N7O2/c19-8-4-2-1-3-7(8)9(20)15-10-13-6-18(17-10)11-12-5-14-16-11/h1-6,19H,(H,12,14,16)(H,15,17,20). The maximum absolute atomic E-state index is 11.9. The fraction of sp³-hybridized carbons (Fsp3) is 0. The van der Waals surface area contributed by atoms with Crippen LogP contribution >= 0.6 is 0 Å². The number of nitrogens with one attached hydrogen (secondary N) is 2. The third-order valence-corrected chi connectivity index (χ3v) is 2.49. The summed E-state index contributed by atoms with van der Waals surface area (Å²) in [5.41, 5.74) is 0.142. The highest BCUT2D eigenvalue weighted by atomic mass is 16.3. The number of anilines is 1. The van der Waals surface area contributed by atoms with Gasteiger partial charge in [0.1, 0.15) is 18.4 Å². The molecule has 0 bridgehead atoms. The highest BCUT2D eigenvalue weighted by Gasteiger charge is 2.13. The van der Waals surface area contributed by atoms with Gasteiger partial charge in [0.15, 0.2) is 0 Å². The lowest BCUT2D eigenvalue weighted by Gasteiger charge is -2.02. The van der Waals surface area contributed by atoms with Crippen molar-refractivity contribution in [2.45, 2.75) is 0 Å². The SMILES string of the molecule is O=C(Nc1ncn(-c2ncn[nH]2)n1)c1ccccc1O. The first-order valence-corrected chi connectivity index (χ1v) is 5.61. The van der Waals surface area contributed by atoms with Crippen LogP contribution in [-0.4, -0.2) is 41.0 Å². The number of carbonyl (C=O) groups is 1. The number of aromatic hydroxyl groups is 1. The highest BCUT2D eigenvalue weighted by Crippen LogP contribution is 2.16. The molecule has 1 aromatic carbocycles. The molecular formula is C11H9N7O2. The number of phenolic OH excluding ortho intramolecular Hbond substituents is 1. The van der Waals surface area contributed by atoms with E-state index in [1.807, 2.05) is 0 Å². The van der Waals surface area contributed by atoms with Crippen molar-refractivity contribution in [1.29, 1.82) is 0 Å². The summed E-state index contributed by atoms with van der Waals surface area (Å²) in [6, 6.07) is 6.20. The maximum atomic E-state index is 11.9. The maximum Gasteiger partial charge on any atom is 0.261 e. The van der Waals surface area contributed by atoms with E-state index in [0.717, 1.165) is 0 Å². The molecule has 1 amide bonds. The molecular weight excluding hydrogens is 262 g/mol. The second-order valence-corrected chi connectivity index (χ2v) is 3.79. The summed E-state index contributed by atoms with van der Waals surface area (Å²) in [6.45, 7) is 0. The fourth-order valence-electron chi connectivity index (χ4n) is 1.57. The van der Waals surface area contributed by atoms with E-state index in [2.05, 4.69) is 30.6 Å². The first kappa shape index (κ1) is 11.8. The van der Waals surface area contributed by atoms with E-state index in [1.165, 1.54) is 29.5 Å². The molecule has 0 atom stereocenters. The smallest absolute Gasteiger partial charge is 0.261 e. The zero-order valence-electron chi connectivity index (χ0n) is 10.1. The topological polar surface area (TPSA) is 122 Å². The van der Waals surface area contributed by atoms with E-state index in [0.29, 0.717) is 5.95 Å². The number of rotatable bonds is 3. The molecule has 3 aromatic rings. The van der Waals surface area contributed by atoms with Gasteiger partial charge in [0.05, 0.1) is 5.56 Å². The van der Waals surface area contributed by atoms with Gasteiger partial charge < -0.3 is 5.11 Å². The third-order valence-electron chi connectivity index (χ3n) is 2.49. The van der Waals surface area contributed by atoms with Crippen LogP contribution in [0.25, 0.3) is 5.95 Å². The molecule has 0 aliphatic heterocycles. The van der Waals surface area contributed by atoms with E-state index >= 15 is 0 Å². The van der Waals surface area contributed by atoms with Crippen LogP contribution in [0.15, 0.2) is 36.9 Å². The molecule has 0 unspecified atom stereocenters. The highest BCUT2D eigenvalue weighted by molar-refractivity contribution is 6.05. The summed E-state index contributed by atoms with van der Waals surface area (Å²) in [5, 5.41) is 22.4. The number of para-hydroxylation sites is 1. The normalized spacial score (nSPS) is 10.4. The number of carbonyl (C=O) groups excluding carboxylic acids is 1. The Morgan fingerprint density at radius 2 is 2.15 bits per heavy atom. The van der Waals surface area contributed by atoms with E-state index in [-0.39, 0.29) is 17.3 Å². The van der Waals surface area contributed by atoms with Gasteiger partial charge in [0, 0.05) is 0 Å². The van der Waals surface area contributed by atoms with E-state index in [4.69, 9.17) is 0 Å². The minimum absolute atomic E-state index is 0.0923. The largest absolute Gasteiger partial charge is 0.507 e. The Hall–Kier alpha value is -3.23. The molecule has 9 heteroatoms. The van der Waals surface area contributed by atoms with Crippen molar-refractivity contribution in [3.8, 4) is 11.7 Å². The first-order chi connectivity index (χ1) is 9.74. The minimum Gasteiger partial charge on any atom is -0.507 e. The van der Waals surface area contributed by atoms with Gasteiger partial charge in [0.25, 0.3) is 5.91 Å². The monoisotopic (exact) mass is 271 g/mol. The summed E-state index contributed by atoms with van der Waals surface area (Å²) in [7, 11) is 0. The van der Waals surface area contributed by atoms with Crippen LogP contribution in [0, 0.1) is 0 Å².